The van der Waals surface area contributed by atoms with Gasteiger partial charge in [0, 0.05) is 31.5 Å². The van der Waals surface area contributed by atoms with Crippen LogP contribution in [0, 0.1) is 13.8 Å². The van der Waals surface area contributed by atoms with Gasteiger partial charge in [0.1, 0.15) is 0 Å². The van der Waals surface area contributed by atoms with Gasteiger partial charge in [-0.25, -0.2) is 0 Å². The molecule has 0 aromatic carbocycles. The van der Waals surface area contributed by atoms with E-state index in [1.54, 1.807) is 0 Å². The van der Waals surface area contributed by atoms with E-state index in [0.29, 0.717) is 0 Å². The summed E-state index contributed by atoms with van der Waals surface area (Å²) in [6.07, 6.45) is 5.35. The molecular weight excluding hydrogens is 210 g/mol. The van der Waals surface area contributed by atoms with Crippen molar-refractivity contribution in [3.63, 3.8) is 0 Å². The van der Waals surface area contributed by atoms with E-state index in [1.807, 2.05) is 13.1 Å². The molecule has 17 heavy (non-hydrogen) atoms. The molecule has 0 bridgehead atoms. The first-order valence-electron chi connectivity index (χ1n) is 6.16. The van der Waals surface area contributed by atoms with Crippen LogP contribution in [0.2, 0.25) is 0 Å². The van der Waals surface area contributed by atoms with Crippen LogP contribution in [-0.2, 0) is 6.54 Å². The Labute approximate surface area is 103 Å². The van der Waals surface area contributed by atoms with Crippen molar-refractivity contribution in [1.29, 1.82) is 0 Å². The first kappa shape index (κ1) is 12.1. The standard InChI is InChI=1S/C14H21N3/c1-10-4-6-17(7-5-10)9-13-12(3)14(15)11(2)8-16-13/h4,8H,5-7,9H2,1-3H3,(H2,15,16). The first-order chi connectivity index (χ1) is 8.08. The zero-order valence-corrected chi connectivity index (χ0v) is 11.0. The van der Waals surface area contributed by atoms with Crippen LogP contribution in [0.5, 0.6) is 0 Å². The van der Waals surface area contributed by atoms with Gasteiger partial charge in [-0.2, -0.15) is 0 Å². The number of rotatable bonds is 2. The van der Waals surface area contributed by atoms with Crippen LogP contribution in [0.1, 0.15) is 30.2 Å². The van der Waals surface area contributed by atoms with E-state index in [9.17, 15) is 0 Å². The predicted molar refractivity (Wildman–Crippen MR) is 71.8 cm³/mol. The summed E-state index contributed by atoms with van der Waals surface area (Å²) in [4.78, 5) is 6.92. The fourth-order valence-electron chi connectivity index (χ4n) is 2.12. The maximum Gasteiger partial charge on any atom is 0.0593 e. The Bertz CT molecular complexity index is 449. The SMILES string of the molecule is CC1=CCN(Cc2ncc(C)c(N)c2C)CC1. The maximum atomic E-state index is 6.04. The molecule has 1 aromatic rings. The van der Waals surface area contributed by atoms with Crippen molar-refractivity contribution in [2.24, 2.45) is 0 Å². The third kappa shape index (κ3) is 2.67. The largest absolute Gasteiger partial charge is 0.398 e. The van der Waals surface area contributed by atoms with Gasteiger partial charge >= 0.3 is 0 Å². The molecule has 92 valence electrons. The molecule has 0 aliphatic carbocycles. The lowest BCUT2D eigenvalue weighted by Gasteiger charge is -2.25. The fraction of sp³-hybridized carbons (Fsp3) is 0.500. The molecule has 1 aliphatic heterocycles. The summed E-state index contributed by atoms with van der Waals surface area (Å²) in [5.74, 6) is 0. The van der Waals surface area contributed by atoms with Crippen molar-refractivity contribution < 1.29 is 0 Å². The van der Waals surface area contributed by atoms with Gasteiger partial charge in [0.2, 0.25) is 0 Å². The Kier molecular flexibility index (Phi) is 3.48. The molecule has 0 atom stereocenters. The molecular formula is C14H21N3. The molecule has 3 nitrogen and oxygen atoms in total. The fourth-order valence-corrected chi connectivity index (χ4v) is 2.12. The second-order valence-corrected chi connectivity index (χ2v) is 4.96. The number of pyridine rings is 1. The van der Waals surface area contributed by atoms with Crippen LogP contribution < -0.4 is 5.73 Å². The smallest absolute Gasteiger partial charge is 0.0593 e. The van der Waals surface area contributed by atoms with Gasteiger partial charge in [0.05, 0.1) is 5.69 Å². The average molecular weight is 231 g/mol. The van der Waals surface area contributed by atoms with Gasteiger partial charge in [-0.15, -0.1) is 0 Å². The number of hydrogen-bond acceptors (Lipinski definition) is 3. The van der Waals surface area contributed by atoms with E-state index in [-0.39, 0.29) is 0 Å². The molecule has 0 unspecified atom stereocenters. The number of anilines is 1. The third-order valence-corrected chi connectivity index (χ3v) is 3.57. The van der Waals surface area contributed by atoms with Crippen LogP contribution in [0.15, 0.2) is 17.8 Å². The summed E-state index contributed by atoms with van der Waals surface area (Å²) in [6, 6.07) is 0. The Hall–Kier alpha value is -1.35. The highest BCUT2D eigenvalue weighted by molar-refractivity contribution is 5.53. The molecule has 0 amide bonds. The van der Waals surface area contributed by atoms with Crippen LogP contribution in [0.4, 0.5) is 5.69 Å². The normalized spacial score (nSPS) is 17.0. The molecule has 3 heteroatoms. The summed E-state index contributed by atoms with van der Waals surface area (Å²) < 4.78 is 0. The number of nitrogen functional groups attached to an aromatic ring is 1. The molecule has 1 aliphatic rings. The molecule has 1 aromatic heterocycles. The van der Waals surface area contributed by atoms with Crippen molar-refractivity contribution in [2.75, 3.05) is 18.8 Å². The summed E-state index contributed by atoms with van der Waals surface area (Å²) in [7, 11) is 0. The van der Waals surface area contributed by atoms with Crippen molar-refractivity contribution in [3.05, 3.63) is 34.7 Å². The molecule has 0 spiro atoms. The maximum absolute atomic E-state index is 6.04. The van der Waals surface area contributed by atoms with Gasteiger partial charge in [-0.05, 0) is 38.3 Å². The van der Waals surface area contributed by atoms with E-state index >= 15 is 0 Å². The number of aryl methyl sites for hydroxylation is 1. The van der Waals surface area contributed by atoms with Crippen molar-refractivity contribution >= 4 is 5.69 Å². The lowest BCUT2D eigenvalue weighted by Crippen LogP contribution is -2.28. The molecule has 2 N–H and O–H groups in total. The van der Waals surface area contributed by atoms with E-state index in [2.05, 4.69) is 29.8 Å². The Balaban J connectivity index is 2.12. The third-order valence-electron chi connectivity index (χ3n) is 3.57. The summed E-state index contributed by atoms with van der Waals surface area (Å²) in [5.41, 5.74) is 11.7. The van der Waals surface area contributed by atoms with E-state index in [1.165, 1.54) is 12.0 Å². The van der Waals surface area contributed by atoms with Gasteiger partial charge < -0.3 is 5.73 Å². The second-order valence-electron chi connectivity index (χ2n) is 4.96. The second kappa shape index (κ2) is 4.88. The van der Waals surface area contributed by atoms with E-state index in [4.69, 9.17) is 5.73 Å². The highest BCUT2D eigenvalue weighted by Gasteiger charge is 2.13. The lowest BCUT2D eigenvalue weighted by atomic mass is 10.1. The summed E-state index contributed by atoms with van der Waals surface area (Å²) in [6.45, 7) is 9.32. The highest BCUT2D eigenvalue weighted by atomic mass is 15.1. The quantitative estimate of drug-likeness (QED) is 0.795. The van der Waals surface area contributed by atoms with Gasteiger partial charge in [0.25, 0.3) is 0 Å². The number of aromatic nitrogens is 1. The minimum absolute atomic E-state index is 0.888. The predicted octanol–water partition coefficient (Wildman–Crippen LogP) is 2.43. The van der Waals surface area contributed by atoms with E-state index in [0.717, 1.165) is 42.1 Å². The molecule has 0 saturated heterocycles. The zero-order valence-electron chi connectivity index (χ0n) is 11.0. The topological polar surface area (TPSA) is 42.2 Å². The Morgan fingerprint density at radius 2 is 2.12 bits per heavy atom. The number of hydrogen-bond donors (Lipinski definition) is 1. The van der Waals surface area contributed by atoms with Crippen molar-refractivity contribution in [2.45, 2.75) is 33.7 Å². The minimum Gasteiger partial charge on any atom is -0.398 e. The van der Waals surface area contributed by atoms with Gasteiger partial charge in [0.15, 0.2) is 0 Å². The monoisotopic (exact) mass is 231 g/mol. The van der Waals surface area contributed by atoms with Gasteiger partial charge in [-0.1, -0.05) is 11.6 Å². The number of nitrogens with two attached hydrogens (primary N) is 1. The first-order valence-corrected chi connectivity index (χ1v) is 6.16. The van der Waals surface area contributed by atoms with Gasteiger partial charge in [-0.3, -0.25) is 9.88 Å². The van der Waals surface area contributed by atoms with Crippen LogP contribution in [0.25, 0.3) is 0 Å². The van der Waals surface area contributed by atoms with Crippen molar-refractivity contribution in [1.82, 2.24) is 9.88 Å². The Morgan fingerprint density at radius 1 is 1.35 bits per heavy atom. The molecule has 0 saturated carbocycles. The average Bonchev–Trinajstić information content (AvgIpc) is 2.33. The zero-order chi connectivity index (χ0) is 12.4. The summed E-state index contributed by atoms with van der Waals surface area (Å²) >= 11 is 0. The lowest BCUT2D eigenvalue weighted by molar-refractivity contribution is 0.282. The van der Waals surface area contributed by atoms with Crippen LogP contribution in [-0.4, -0.2) is 23.0 Å². The van der Waals surface area contributed by atoms with Crippen LogP contribution in [0.3, 0.4) is 0 Å². The molecule has 0 radical (unpaired) electrons. The highest BCUT2D eigenvalue weighted by Crippen LogP contribution is 2.20. The van der Waals surface area contributed by atoms with E-state index < -0.39 is 0 Å². The minimum atomic E-state index is 0.888. The molecule has 2 heterocycles. The van der Waals surface area contributed by atoms with Crippen LogP contribution >= 0.6 is 0 Å². The summed E-state index contributed by atoms with van der Waals surface area (Å²) in [5, 5.41) is 0. The Morgan fingerprint density at radius 3 is 2.76 bits per heavy atom. The molecule has 2 rings (SSSR count). The molecule has 0 fully saturated rings. The van der Waals surface area contributed by atoms with Crippen molar-refractivity contribution in [3.8, 4) is 0 Å². The number of nitrogens with zero attached hydrogens (tertiary/aromatic N) is 2.